The molecule has 90 valence electrons. The number of rotatable bonds is 6. The summed E-state index contributed by atoms with van der Waals surface area (Å²) in [7, 11) is 2.16. The lowest BCUT2D eigenvalue weighted by atomic mass is 10.1. The predicted octanol–water partition coefficient (Wildman–Crippen LogP) is 1.49. The Kier molecular flexibility index (Phi) is 6.22. The van der Waals surface area contributed by atoms with Gasteiger partial charge in [-0.15, -0.1) is 0 Å². The minimum absolute atomic E-state index is 0.452. The average molecular weight is 214 g/mol. The Hall–Kier alpha value is -0.120. The smallest absolute Gasteiger partial charge is 0.0699 e. The van der Waals surface area contributed by atoms with Gasteiger partial charge in [0.25, 0.3) is 0 Å². The molecule has 15 heavy (non-hydrogen) atoms. The van der Waals surface area contributed by atoms with Crippen LogP contribution in [0.25, 0.3) is 0 Å². The molecule has 1 heterocycles. The molecule has 0 bridgehead atoms. The number of hydrogen-bond donors (Lipinski definition) is 1. The molecule has 1 rings (SSSR count). The van der Waals surface area contributed by atoms with Crippen molar-refractivity contribution >= 4 is 0 Å². The van der Waals surface area contributed by atoms with Gasteiger partial charge in [0.15, 0.2) is 0 Å². The summed E-state index contributed by atoms with van der Waals surface area (Å²) in [5.74, 6) is 0. The van der Waals surface area contributed by atoms with Crippen molar-refractivity contribution in [3.05, 3.63) is 0 Å². The fourth-order valence-corrected chi connectivity index (χ4v) is 1.96. The van der Waals surface area contributed by atoms with Gasteiger partial charge in [-0.3, -0.25) is 0 Å². The van der Waals surface area contributed by atoms with Crippen LogP contribution in [0.3, 0.4) is 0 Å². The molecule has 0 saturated carbocycles. The van der Waals surface area contributed by atoms with Crippen LogP contribution in [0.1, 0.15) is 33.1 Å². The fourth-order valence-electron chi connectivity index (χ4n) is 1.96. The highest BCUT2D eigenvalue weighted by atomic mass is 16.5. The molecule has 0 amide bonds. The first-order valence-electron chi connectivity index (χ1n) is 6.26. The Balaban J connectivity index is 2.07. The van der Waals surface area contributed by atoms with Crippen LogP contribution in [-0.2, 0) is 4.74 Å². The molecule has 1 aliphatic heterocycles. The quantitative estimate of drug-likeness (QED) is 0.725. The van der Waals surface area contributed by atoms with Gasteiger partial charge in [-0.1, -0.05) is 6.92 Å². The van der Waals surface area contributed by atoms with Crippen molar-refractivity contribution < 1.29 is 4.74 Å². The van der Waals surface area contributed by atoms with Crippen LogP contribution in [0.5, 0.6) is 0 Å². The van der Waals surface area contributed by atoms with Crippen molar-refractivity contribution in [2.45, 2.75) is 45.3 Å². The first-order valence-corrected chi connectivity index (χ1v) is 6.26. The molecule has 0 aromatic rings. The Morgan fingerprint density at radius 3 is 2.87 bits per heavy atom. The van der Waals surface area contributed by atoms with Gasteiger partial charge in [0.1, 0.15) is 0 Å². The molecule has 2 atom stereocenters. The molecule has 3 nitrogen and oxygen atoms in total. The topological polar surface area (TPSA) is 24.5 Å². The average Bonchev–Trinajstić information content (AvgIpc) is 2.27. The minimum Gasteiger partial charge on any atom is -0.377 e. The zero-order chi connectivity index (χ0) is 11.1. The highest BCUT2D eigenvalue weighted by Gasteiger charge is 2.14. The molecule has 0 radical (unpaired) electrons. The van der Waals surface area contributed by atoms with Crippen LogP contribution in [0, 0.1) is 0 Å². The van der Waals surface area contributed by atoms with Gasteiger partial charge in [-0.2, -0.15) is 0 Å². The summed E-state index contributed by atoms with van der Waals surface area (Å²) in [6.45, 7) is 8.63. The maximum Gasteiger partial charge on any atom is 0.0699 e. The number of hydrogen-bond acceptors (Lipinski definition) is 3. The molecule has 1 saturated heterocycles. The summed E-state index contributed by atoms with van der Waals surface area (Å²) in [6, 6.07) is 0.556. The molecule has 2 unspecified atom stereocenters. The van der Waals surface area contributed by atoms with Gasteiger partial charge in [0, 0.05) is 25.7 Å². The SMILES string of the molecule is CCN(C)CC(C)NCC1CCCCO1. The second kappa shape index (κ2) is 7.20. The lowest BCUT2D eigenvalue weighted by molar-refractivity contribution is 0.0152. The van der Waals surface area contributed by atoms with Crippen LogP contribution < -0.4 is 5.32 Å². The monoisotopic (exact) mass is 214 g/mol. The number of likely N-dealkylation sites (N-methyl/N-ethyl adjacent to an activating group) is 1. The summed E-state index contributed by atoms with van der Waals surface area (Å²) in [5, 5.41) is 3.55. The lowest BCUT2D eigenvalue weighted by Crippen LogP contribution is -2.42. The summed E-state index contributed by atoms with van der Waals surface area (Å²) in [4.78, 5) is 2.33. The van der Waals surface area contributed by atoms with Crippen LogP contribution in [0.15, 0.2) is 0 Å². The van der Waals surface area contributed by atoms with E-state index in [1.807, 2.05) is 0 Å². The third kappa shape index (κ3) is 5.50. The molecule has 1 N–H and O–H groups in total. The zero-order valence-corrected chi connectivity index (χ0v) is 10.5. The fraction of sp³-hybridized carbons (Fsp3) is 1.00. The maximum absolute atomic E-state index is 5.68. The van der Waals surface area contributed by atoms with E-state index in [-0.39, 0.29) is 0 Å². The van der Waals surface area contributed by atoms with Crippen molar-refractivity contribution in [2.24, 2.45) is 0 Å². The Morgan fingerprint density at radius 1 is 1.47 bits per heavy atom. The molecule has 1 fully saturated rings. The van der Waals surface area contributed by atoms with Crippen molar-refractivity contribution in [2.75, 3.05) is 33.3 Å². The number of nitrogens with zero attached hydrogens (tertiary/aromatic N) is 1. The van der Waals surface area contributed by atoms with E-state index in [1.165, 1.54) is 19.3 Å². The van der Waals surface area contributed by atoms with E-state index in [4.69, 9.17) is 4.74 Å². The normalized spacial score (nSPS) is 24.4. The van der Waals surface area contributed by atoms with Crippen molar-refractivity contribution in [3.63, 3.8) is 0 Å². The van der Waals surface area contributed by atoms with Crippen molar-refractivity contribution in [1.29, 1.82) is 0 Å². The minimum atomic E-state index is 0.452. The standard InChI is InChI=1S/C12H26N2O/c1-4-14(3)10-11(2)13-9-12-7-5-6-8-15-12/h11-13H,4-10H2,1-3H3. The van der Waals surface area contributed by atoms with Gasteiger partial charge in [0.2, 0.25) is 0 Å². The first kappa shape index (κ1) is 12.9. The molecule has 3 heteroatoms. The second-order valence-electron chi connectivity index (χ2n) is 4.65. The second-order valence-corrected chi connectivity index (χ2v) is 4.65. The lowest BCUT2D eigenvalue weighted by Gasteiger charge is -2.26. The predicted molar refractivity (Wildman–Crippen MR) is 64.2 cm³/mol. The van der Waals surface area contributed by atoms with E-state index < -0.39 is 0 Å². The Labute approximate surface area is 94.2 Å². The van der Waals surface area contributed by atoms with Crippen LogP contribution in [-0.4, -0.2) is 50.3 Å². The van der Waals surface area contributed by atoms with E-state index in [1.54, 1.807) is 0 Å². The van der Waals surface area contributed by atoms with Crippen molar-refractivity contribution in [1.82, 2.24) is 10.2 Å². The maximum atomic E-state index is 5.68. The highest BCUT2D eigenvalue weighted by molar-refractivity contribution is 4.71. The summed E-state index contributed by atoms with van der Waals surface area (Å²) >= 11 is 0. The third-order valence-electron chi connectivity index (χ3n) is 3.09. The van der Waals surface area contributed by atoms with E-state index in [2.05, 4.69) is 31.1 Å². The van der Waals surface area contributed by atoms with Gasteiger partial charge in [-0.05, 0) is 39.8 Å². The molecule has 1 aliphatic rings. The van der Waals surface area contributed by atoms with Crippen molar-refractivity contribution in [3.8, 4) is 0 Å². The summed E-state index contributed by atoms with van der Waals surface area (Å²) in [5.41, 5.74) is 0. The van der Waals surface area contributed by atoms with Crippen LogP contribution in [0.2, 0.25) is 0 Å². The van der Waals surface area contributed by atoms with Crippen LogP contribution >= 0.6 is 0 Å². The number of nitrogens with one attached hydrogen (secondary N) is 1. The van der Waals surface area contributed by atoms with E-state index in [0.717, 1.165) is 26.2 Å². The highest BCUT2D eigenvalue weighted by Crippen LogP contribution is 2.11. The molecular weight excluding hydrogens is 188 g/mol. The van der Waals surface area contributed by atoms with E-state index in [9.17, 15) is 0 Å². The van der Waals surface area contributed by atoms with E-state index >= 15 is 0 Å². The first-order chi connectivity index (χ1) is 7.22. The summed E-state index contributed by atoms with van der Waals surface area (Å²) in [6.07, 6.45) is 4.25. The van der Waals surface area contributed by atoms with Gasteiger partial charge >= 0.3 is 0 Å². The largest absolute Gasteiger partial charge is 0.377 e. The molecule has 0 aromatic carbocycles. The van der Waals surface area contributed by atoms with E-state index in [0.29, 0.717) is 12.1 Å². The molecular formula is C12H26N2O. The van der Waals surface area contributed by atoms with Crippen LogP contribution in [0.4, 0.5) is 0 Å². The zero-order valence-electron chi connectivity index (χ0n) is 10.5. The Bertz CT molecular complexity index is 158. The third-order valence-corrected chi connectivity index (χ3v) is 3.09. The van der Waals surface area contributed by atoms with Gasteiger partial charge in [0.05, 0.1) is 6.10 Å². The molecule has 0 aliphatic carbocycles. The summed E-state index contributed by atoms with van der Waals surface area (Å²) < 4.78 is 5.68. The van der Waals surface area contributed by atoms with Gasteiger partial charge in [-0.25, -0.2) is 0 Å². The molecule has 0 spiro atoms. The Morgan fingerprint density at radius 2 is 2.27 bits per heavy atom. The molecule has 0 aromatic heterocycles. The number of ether oxygens (including phenoxy) is 1. The van der Waals surface area contributed by atoms with Gasteiger partial charge < -0.3 is 15.0 Å².